The summed E-state index contributed by atoms with van der Waals surface area (Å²) in [6, 6.07) is 10.7. The molecule has 0 saturated heterocycles. The zero-order valence-electron chi connectivity index (χ0n) is 9.96. The molecule has 4 nitrogen and oxygen atoms in total. The fraction of sp³-hybridized carbons (Fsp3) is 0.154. The maximum atomic E-state index is 11.4. The van der Waals surface area contributed by atoms with Crippen molar-refractivity contribution in [3.63, 3.8) is 0 Å². The average Bonchev–Trinajstić information content (AvgIpc) is 2.38. The minimum absolute atomic E-state index is 0.0353. The van der Waals surface area contributed by atoms with E-state index in [9.17, 15) is 13.0 Å². The monoisotopic (exact) mass is 266 g/mol. The van der Waals surface area contributed by atoms with Gasteiger partial charge in [-0.25, -0.2) is 0 Å². The third-order valence-corrected chi connectivity index (χ3v) is 3.60. The zero-order chi connectivity index (χ0) is 13.8. The molecule has 2 aromatic rings. The van der Waals surface area contributed by atoms with E-state index in [2.05, 4.69) is 0 Å². The molecule has 0 aromatic heterocycles. The predicted molar refractivity (Wildman–Crippen MR) is 70.3 cm³/mol. The molecule has 1 N–H and O–H groups in total. The van der Waals surface area contributed by atoms with Crippen LogP contribution in [0.1, 0.15) is 12.5 Å². The number of benzene rings is 2. The van der Waals surface area contributed by atoms with E-state index in [1.54, 1.807) is 18.2 Å². The fourth-order valence-corrected chi connectivity index (χ4v) is 2.88. The van der Waals surface area contributed by atoms with Crippen LogP contribution in [-0.4, -0.2) is 19.8 Å². The van der Waals surface area contributed by atoms with Crippen molar-refractivity contribution in [2.24, 2.45) is 0 Å². The van der Waals surface area contributed by atoms with Crippen molar-refractivity contribution >= 4 is 27.7 Å². The Morgan fingerprint density at radius 3 is 2.28 bits per heavy atom. The third-order valence-electron chi connectivity index (χ3n) is 2.60. The molecule has 2 rings (SSSR count). The molecule has 0 aliphatic carbocycles. The van der Waals surface area contributed by atoms with Crippen LogP contribution in [0.2, 0.25) is 0 Å². The number of rotatable bonds is 2. The molecule has 0 saturated carbocycles. The quantitative estimate of drug-likeness (QED) is 0.847. The fourth-order valence-electron chi connectivity index (χ4n) is 1.87. The minimum Gasteiger partial charge on any atom is -0.307 e. The van der Waals surface area contributed by atoms with Crippen molar-refractivity contribution in [3.8, 4) is 0 Å². The maximum absolute atomic E-state index is 11.4. The molecule has 0 unspecified atom stereocenters. The van der Waals surface area contributed by atoms with Gasteiger partial charge in [0.1, 0.15) is 11.7 Å². The highest BCUT2D eigenvalue weighted by Crippen LogP contribution is 2.26. The van der Waals surface area contributed by atoms with Crippen molar-refractivity contribution in [2.45, 2.75) is 18.2 Å². The summed E-state index contributed by atoms with van der Waals surface area (Å²) >= 11 is 0. The Balaban J connectivity index is 0.000000771. The summed E-state index contributed by atoms with van der Waals surface area (Å²) in [5, 5.41) is 1.39. The Labute approximate surface area is 106 Å². The van der Waals surface area contributed by atoms with E-state index in [-0.39, 0.29) is 4.90 Å². The van der Waals surface area contributed by atoms with Gasteiger partial charge in [-0.05, 0) is 17.4 Å². The standard InChI is InChI=1S/C12H12O3S.CH2O/c1-2-9-7-8-10-5-3-4-6-11(10)12(9)16(13,14)15;1-2/h3-8H,2H2,1H3,(H,13,14,15);1H2. The lowest BCUT2D eigenvalue weighted by Crippen LogP contribution is -2.03. The summed E-state index contributed by atoms with van der Waals surface area (Å²) in [5.74, 6) is 0. The Hall–Kier alpha value is -1.72. The van der Waals surface area contributed by atoms with E-state index in [4.69, 9.17) is 4.79 Å². The third kappa shape index (κ3) is 2.75. The first-order chi connectivity index (χ1) is 8.54. The summed E-state index contributed by atoms with van der Waals surface area (Å²) in [6.45, 7) is 3.86. The van der Waals surface area contributed by atoms with Crippen molar-refractivity contribution < 1.29 is 17.8 Å². The molecular formula is C13H14O4S. The Bertz CT molecular complexity index is 647. The molecule has 0 atom stereocenters. The average molecular weight is 266 g/mol. The van der Waals surface area contributed by atoms with Crippen LogP contribution in [0.3, 0.4) is 0 Å². The first-order valence-corrected chi connectivity index (χ1v) is 6.75. The number of fused-ring (bicyclic) bond motifs is 1. The molecular weight excluding hydrogens is 252 g/mol. The predicted octanol–water partition coefficient (Wildman–Crippen LogP) is 2.46. The topological polar surface area (TPSA) is 71.4 Å². The Morgan fingerprint density at radius 2 is 1.72 bits per heavy atom. The van der Waals surface area contributed by atoms with E-state index in [0.717, 1.165) is 5.39 Å². The van der Waals surface area contributed by atoms with Gasteiger partial charge in [-0.15, -0.1) is 0 Å². The van der Waals surface area contributed by atoms with Gasteiger partial charge in [0.15, 0.2) is 0 Å². The maximum Gasteiger partial charge on any atom is 0.295 e. The van der Waals surface area contributed by atoms with Crippen molar-refractivity contribution in [1.82, 2.24) is 0 Å². The first kappa shape index (κ1) is 14.3. The van der Waals surface area contributed by atoms with Crippen LogP contribution in [0.15, 0.2) is 41.3 Å². The molecule has 0 aliphatic rings. The Kier molecular flexibility index (Phi) is 4.58. The van der Waals surface area contributed by atoms with Gasteiger partial charge in [0.2, 0.25) is 0 Å². The molecule has 0 spiro atoms. The van der Waals surface area contributed by atoms with E-state index >= 15 is 0 Å². The van der Waals surface area contributed by atoms with Crippen LogP contribution in [0.5, 0.6) is 0 Å². The van der Waals surface area contributed by atoms with E-state index in [1.807, 2.05) is 31.9 Å². The number of hydrogen-bond acceptors (Lipinski definition) is 3. The van der Waals surface area contributed by atoms with Gasteiger partial charge in [0, 0.05) is 5.39 Å². The molecule has 0 radical (unpaired) electrons. The largest absolute Gasteiger partial charge is 0.307 e. The summed E-state index contributed by atoms with van der Waals surface area (Å²) in [6.07, 6.45) is 0.569. The number of aryl methyl sites for hydroxylation is 1. The lowest BCUT2D eigenvalue weighted by Gasteiger charge is -2.08. The van der Waals surface area contributed by atoms with Crippen LogP contribution in [0.25, 0.3) is 10.8 Å². The normalized spacial score (nSPS) is 10.8. The van der Waals surface area contributed by atoms with Gasteiger partial charge in [-0.1, -0.05) is 43.3 Å². The molecule has 0 aliphatic heterocycles. The van der Waals surface area contributed by atoms with Crippen molar-refractivity contribution in [2.75, 3.05) is 0 Å². The Morgan fingerprint density at radius 1 is 1.11 bits per heavy atom. The number of carbonyl (C=O) groups is 1. The van der Waals surface area contributed by atoms with E-state index in [0.29, 0.717) is 17.4 Å². The summed E-state index contributed by atoms with van der Waals surface area (Å²) in [5.41, 5.74) is 0.640. The van der Waals surface area contributed by atoms with Crippen LogP contribution in [-0.2, 0) is 21.3 Å². The highest BCUT2D eigenvalue weighted by molar-refractivity contribution is 7.86. The number of hydrogen-bond donors (Lipinski definition) is 1. The summed E-state index contributed by atoms with van der Waals surface area (Å²) in [4.78, 5) is 8.04. The van der Waals surface area contributed by atoms with Gasteiger partial charge in [0.25, 0.3) is 10.1 Å². The smallest absolute Gasteiger partial charge is 0.295 e. The molecule has 0 amide bonds. The van der Waals surface area contributed by atoms with Crippen molar-refractivity contribution in [3.05, 3.63) is 42.0 Å². The lowest BCUT2D eigenvalue weighted by molar-refractivity contribution is -0.0979. The highest BCUT2D eigenvalue weighted by Gasteiger charge is 2.17. The van der Waals surface area contributed by atoms with E-state index < -0.39 is 10.1 Å². The van der Waals surface area contributed by atoms with Gasteiger partial charge in [-0.2, -0.15) is 8.42 Å². The molecule has 5 heteroatoms. The van der Waals surface area contributed by atoms with Crippen LogP contribution < -0.4 is 0 Å². The van der Waals surface area contributed by atoms with Crippen LogP contribution in [0.4, 0.5) is 0 Å². The molecule has 0 heterocycles. The molecule has 96 valence electrons. The van der Waals surface area contributed by atoms with E-state index in [1.165, 1.54) is 0 Å². The zero-order valence-corrected chi connectivity index (χ0v) is 10.8. The van der Waals surface area contributed by atoms with Crippen LogP contribution in [0, 0.1) is 0 Å². The molecule has 0 bridgehead atoms. The van der Waals surface area contributed by atoms with Crippen LogP contribution >= 0.6 is 0 Å². The van der Waals surface area contributed by atoms with Gasteiger partial charge >= 0.3 is 0 Å². The minimum atomic E-state index is -4.17. The first-order valence-electron chi connectivity index (χ1n) is 5.31. The second kappa shape index (κ2) is 5.75. The van der Waals surface area contributed by atoms with Gasteiger partial charge in [-0.3, -0.25) is 4.55 Å². The second-order valence-electron chi connectivity index (χ2n) is 3.60. The summed E-state index contributed by atoms with van der Waals surface area (Å²) < 4.78 is 32.0. The van der Waals surface area contributed by atoms with Crippen molar-refractivity contribution in [1.29, 1.82) is 0 Å². The highest BCUT2D eigenvalue weighted by atomic mass is 32.2. The second-order valence-corrected chi connectivity index (χ2v) is 4.96. The molecule has 18 heavy (non-hydrogen) atoms. The number of carbonyl (C=O) groups excluding carboxylic acids is 1. The van der Waals surface area contributed by atoms with Gasteiger partial charge in [0.05, 0.1) is 0 Å². The lowest BCUT2D eigenvalue weighted by atomic mass is 10.1. The molecule has 0 fully saturated rings. The SMILES string of the molecule is C=O.CCc1ccc2ccccc2c1S(=O)(=O)O. The summed E-state index contributed by atoms with van der Waals surface area (Å²) in [7, 11) is -4.17. The molecule has 2 aromatic carbocycles. The van der Waals surface area contributed by atoms with Gasteiger partial charge < -0.3 is 4.79 Å².